The molecule has 2 aromatic rings. The summed E-state index contributed by atoms with van der Waals surface area (Å²) in [4.78, 5) is 47.0. The normalized spacial score (nSPS) is 11.2. The van der Waals surface area contributed by atoms with Crippen LogP contribution in [0.25, 0.3) is 0 Å². The number of esters is 1. The smallest absolute Gasteiger partial charge is 0.307 e. The van der Waals surface area contributed by atoms with Crippen LogP contribution < -0.4 is 10.6 Å². The molecule has 0 radical (unpaired) electrons. The van der Waals surface area contributed by atoms with Gasteiger partial charge in [-0.15, -0.1) is 0 Å². The van der Waals surface area contributed by atoms with Gasteiger partial charge in [-0.25, -0.2) is 0 Å². The van der Waals surface area contributed by atoms with E-state index in [1.807, 2.05) is 0 Å². The number of carbonyl (C=O) groups excluding carboxylic acids is 4. The molecule has 146 valence electrons. The third-order valence-corrected chi connectivity index (χ3v) is 3.80. The van der Waals surface area contributed by atoms with Gasteiger partial charge in [0, 0.05) is 30.3 Å². The molecule has 2 amide bonds. The maximum Gasteiger partial charge on any atom is 0.307 e. The minimum atomic E-state index is -1.01. The Morgan fingerprint density at radius 3 is 2.00 bits per heavy atom. The van der Waals surface area contributed by atoms with Gasteiger partial charge in [0.2, 0.25) is 5.91 Å². The first-order valence-electron chi connectivity index (χ1n) is 8.81. The SMILES string of the molecule is CC(=O)Nc1ccc(NC(=O)[C@@H](C)OC(=O)CCC(=O)c2ccccc2)cc1. The van der Waals surface area contributed by atoms with E-state index in [9.17, 15) is 19.2 Å². The minimum Gasteiger partial charge on any atom is -0.453 e. The fourth-order valence-corrected chi connectivity index (χ4v) is 2.38. The fraction of sp³-hybridized carbons (Fsp3) is 0.238. The number of carbonyl (C=O) groups is 4. The highest BCUT2D eigenvalue weighted by atomic mass is 16.5. The average Bonchev–Trinajstić information content (AvgIpc) is 2.67. The molecule has 0 heterocycles. The zero-order valence-corrected chi connectivity index (χ0v) is 15.7. The molecule has 0 aromatic heterocycles. The number of rotatable bonds is 8. The maximum atomic E-state index is 12.1. The van der Waals surface area contributed by atoms with Crippen LogP contribution >= 0.6 is 0 Å². The Kier molecular flexibility index (Phi) is 7.45. The van der Waals surface area contributed by atoms with Gasteiger partial charge in [-0.05, 0) is 31.2 Å². The van der Waals surface area contributed by atoms with E-state index in [0.717, 1.165) is 0 Å². The van der Waals surface area contributed by atoms with Gasteiger partial charge in [-0.1, -0.05) is 30.3 Å². The lowest BCUT2D eigenvalue weighted by molar-refractivity contribution is -0.153. The average molecular weight is 382 g/mol. The molecule has 0 saturated carbocycles. The number of hydrogen-bond acceptors (Lipinski definition) is 5. The van der Waals surface area contributed by atoms with Crippen LogP contribution in [0.15, 0.2) is 54.6 Å². The van der Waals surface area contributed by atoms with Gasteiger partial charge in [0.1, 0.15) is 0 Å². The molecule has 28 heavy (non-hydrogen) atoms. The highest BCUT2D eigenvalue weighted by Crippen LogP contribution is 2.14. The molecule has 7 nitrogen and oxygen atoms in total. The van der Waals surface area contributed by atoms with Crippen molar-refractivity contribution in [1.82, 2.24) is 0 Å². The summed E-state index contributed by atoms with van der Waals surface area (Å²) >= 11 is 0. The Morgan fingerprint density at radius 2 is 1.43 bits per heavy atom. The molecule has 0 aliphatic carbocycles. The summed E-state index contributed by atoms with van der Waals surface area (Å²) in [6.07, 6.45) is -1.09. The van der Waals surface area contributed by atoms with Crippen LogP contribution in [-0.4, -0.2) is 29.7 Å². The zero-order chi connectivity index (χ0) is 20.5. The van der Waals surface area contributed by atoms with Crippen molar-refractivity contribution in [1.29, 1.82) is 0 Å². The van der Waals surface area contributed by atoms with E-state index in [4.69, 9.17) is 4.74 Å². The number of amides is 2. The lowest BCUT2D eigenvalue weighted by atomic mass is 10.1. The summed E-state index contributed by atoms with van der Waals surface area (Å²) in [6, 6.07) is 15.2. The Bertz CT molecular complexity index is 847. The highest BCUT2D eigenvalue weighted by Gasteiger charge is 2.19. The maximum absolute atomic E-state index is 12.1. The number of nitrogens with one attached hydrogen (secondary N) is 2. The summed E-state index contributed by atoms with van der Waals surface area (Å²) < 4.78 is 5.09. The van der Waals surface area contributed by atoms with E-state index in [0.29, 0.717) is 16.9 Å². The molecule has 1 atom stereocenters. The first-order valence-corrected chi connectivity index (χ1v) is 8.81. The molecule has 2 aromatic carbocycles. The number of hydrogen-bond donors (Lipinski definition) is 2. The van der Waals surface area contributed by atoms with Crippen LogP contribution in [0.3, 0.4) is 0 Å². The van der Waals surface area contributed by atoms with E-state index in [1.165, 1.54) is 13.8 Å². The summed E-state index contributed by atoms with van der Waals surface area (Å²) in [6.45, 7) is 2.86. The molecule has 0 unspecified atom stereocenters. The molecule has 0 spiro atoms. The van der Waals surface area contributed by atoms with Gasteiger partial charge >= 0.3 is 5.97 Å². The molecule has 0 bridgehead atoms. The molecule has 2 rings (SSSR count). The van der Waals surface area contributed by atoms with Gasteiger partial charge in [0.15, 0.2) is 11.9 Å². The van der Waals surface area contributed by atoms with Gasteiger partial charge in [0.25, 0.3) is 5.91 Å². The van der Waals surface area contributed by atoms with Crippen molar-refractivity contribution in [3.05, 3.63) is 60.2 Å². The molecule has 0 fully saturated rings. The third-order valence-electron chi connectivity index (χ3n) is 3.80. The summed E-state index contributed by atoms with van der Waals surface area (Å²) in [7, 11) is 0. The number of anilines is 2. The van der Waals surface area contributed by atoms with Crippen molar-refractivity contribution in [3.63, 3.8) is 0 Å². The summed E-state index contributed by atoms with van der Waals surface area (Å²) in [5, 5.41) is 5.24. The second-order valence-electron chi connectivity index (χ2n) is 6.17. The first kappa shape index (κ1) is 20.8. The summed E-state index contributed by atoms with van der Waals surface area (Å²) in [5.74, 6) is -1.46. The number of benzene rings is 2. The molecule has 2 N–H and O–H groups in total. The lowest BCUT2D eigenvalue weighted by Crippen LogP contribution is -2.30. The summed E-state index contributed by atoms with van der Waals surface area (Å²) in [5.41, 5.74) is 1.64. The van der Waals surface area contributed by atoms with Crippen LogP contribution in [0.5, 0.6) is 0 Å². The van der Waals surface area contributed by atoms with E-state index >= 15 is 0 Å². The molecular weight excluding hydrogens is 360 g/mol. The van der Waals surface area contributed by atoms with E-state index in [2.05, 4.69) is 10.6 Å². The zero-order valence-electron chi connectivity index (χ0n) is 15.7. The van der Waals surface area contributed by atoms with Crippen LogP contribution in [0.2, 0.25) is 0 Å². The first-order chi connectivity index (χ1) is 13.3. The topological polar surface area (TPSA) is 102 Å². The van der Waals surface area contributed by atoms with Gasteiger partial charge in [-0.3, -0.25) is 19.2 Å². The third kappa shape index (κ3) is 6.68. The highest BCUT2D eigenvalue weighted by molar-refractivity contribution is 5.98. The lowest BCUT2D eigenvalue weighted by Gasteiger charge is -2.14. The predicted octanol–water partition coefficient (Wildman–Crippen LogP) is 3.18. The minimum absolute atomic E-state index is 0.0157. The second-order valence-corrected chi connectivity index (χ2v) is 6.17. The fourth-order valence-electron chi connectivity index (χ4n) is 2.38. The standard InChI is InChI=1S/C21H22N2O5/c1-14(21(27)23-18-10-8-17(9-11-18)22-15(2)24)28-20(26)13-12-19(25)16-6-4-3-5-7-16/h3-11,14H,12-13H2,1-2H3,(H,22,24)(H,23,27)/t14-/m1/s1. The Labute approximate surface area is 163 Å². The van der Waals surface area contributed by atoms with E-state index < -0.39 is 18.0 Å². The van der Waals surface area contributed by atoms with Crippen molar-refractivity contribution >= 4 is 34.9 Å². The second kappa shape index (κ2) is 10.0. The Morgan fingerprint density at radius 1 is 0.857 bits per heavy atom. The van der Waals surface area contributed by atoms with E-state index in [-0.39, 0.29) is 24.5 Å². The quantitative estimate of drug-likeness (QED) is 0.539. The van der Waals surface area contributed by atoms with E-state index in [1.54, 1.807) is 54.6 Å². The van der Waals surface area contributed by atoms with Gasteiger partial charge < -0.3 is 15.4 Å². The number of ether oxygens (including phenoxy) is 1. The molecule has 7 heteroatoms. The van der Waals surface area contributed by atoms with Crippen LogP contribution in [0.1, 0.15) is 37.0 Å². The largest absolute Gasteiger partial charge is 0.453 e. The predicted molar refractivity (Wildman–Crippen MR) is 105 cm³/mol. The number of ketones is 1. The Hall–Kier alpha value is -3.48. The van der Waals surface area contributed by atoms with Crippen molar-refractivity contribution in [2.45, 2.75) is 32.8 Å². The molecular formula is C21H22N2O5. The van der Waals surface area contributed by atoms with Crippen LogP contribution in [0, 0.1) is 0 Å². The van der Waals surface area contributed by atoms with Gasteiger partial charge in [0.05, 0.1) is 6.42 Å². The monoisotopic (exact) mass is 382 g/mol. The Balaban J connectivity index is 1.78. The van der Waals surface area contributed by atoms with Crippen molar-refractivity contribution in [3.8, 4) is 0 Å². The van der Waals surface area contributed by atoms with Crippen molar-refractivity contribution in [2.75, 3.05) is 10.6 Å². The van der Waals surface area contributed by atoms with Gasteiger partial charge in [-0.2, -0.15) is 0 Å². The molecule has 0 aliphatic heterocycles. The van der Waals surface area contributed by atoms with Crippen molar-refractivity contribution in [2.24, 2.45) is 0 Å². The van der Waals surface area contributed by atoms with Crippen molar-refractivity contribution < 1.29 is 23.9 Å². The van der Waals surface area contributed by atoms with Crippen LogP contribution in [0.4, 0.5) is 11.4 Å². The van der Waals surface area contributed by atoms with Crippen LogP contribution in [-0.2, 0) is 19.1 Å². The molecule has 0 saturated heterocycles. The number of Topliss-reactive ketones (excluding diaryl/α,β-unsaturated/α-hetero) is 1. The molecule has 0 aliphatic rings.